The maximum Gasteiger partial charge on any atom is 0.220 e. The van der Waals surface area contributed by atoms with Gasteiger partial charge in [-0.25, -0.2) is 0 Å². The highest BCUT2D eigenvalue weighted by atomic mass is 16.7. The van der Waals surface area contributed by atoms with Crippen LogP contribution in [0.2, 0.25) is 0 Å². The molecule has 0 aromatic rings. The molecule has 5 N–H and O–H groups in total. The molecule has 2 saturated heterocycles. The van der Waals surface area contributed by atoms with E-state index < -0.39 is 42.9 Å². The minimum atomic E-state index is -1.31. The Morgan fingerprint density at radius 2 is 0.932 bits per heavy atom. The van der Waals surface area contributed by atoms with Crippen LogP contribution >= 0.6 is 0 Å². The van der Waals surface area contributed by atoms with Crippen molar-refractivity contribution in [3.8, 4) is 0 Å². The number of unbranched alkanes of at least 4 members (excludes halogenated alkanes) is 33. The van der Waals surface area contributed by atoms with Crippen molar-refractivity contribution in [2.45, 2.75) is 300 Å². The van der Waals surface area contributed by atoms with Crippen molar-refractivity contribution in [2.75, 3.05) is 13.2 Å². The lowest BCUT2D eigenvalue weighted by atomic mass is 9.95. The Labute approximate surface area is 363 Å². The first-order valence-electron chi connectivity index (χ1n) is 25.8. The Balaban J connectivity index is 1.53. The number of carbonyl (C=O) groups is 1. The SMILES string of the molecule is CCCCCCCCCCCCCCCCCCCCCCCCCC(=O)N[C@@H](CO[C@H]1O[C@@H]2CO[C@@H]2[C@H](O)[C@H]1O)[C@H](O)[C@H](O)CCCCCCCCCCCCCC. The van der Waals surface area contributed by atoms with Gasteiger partial charge in [-0.15, -0.1) is 0 Å². The number of amides is 1. The summed E-state index contributed by atoms with van der Waals surface area (Å²) in [4.78, 5) is 13.0. The molecule has 9 nitrogen and oxygen atoms in total. The fourth-order valence-corrected chi connectivity index (χ4v) is 8.87. The normalized spacial score (nSPS) is 21.8. The number of nitrogens with one attached hydrogen (secondary N) is 1. The quantitative estimate of drug-likeness (QED) is 0.0383. The summed E-state index contributed by atoms with van der Waals surface area (Å²) in [6, 6.07) is -0.873. The van der Waals surface area contributed by atoms with E-state index >= 15 is 0 Å². The largest absolute Gasteiger partial charge is 0.390 e. The Kier molecular flexibility index (Phi) is 34.7. The van der Waals surface area contributed by atoms with E-state index in [9.17, 15) is 25.2 Å². The van der Waals surface area contributed by atoms with Crippen molar-refractivity contribution in [3.05, 3.63) is 0 Å². The van der Waals surface area contributed by atoms with Crippen molar-refractivity contribution in [3.63, 3.8) is 0 Å². The Hall–Kier alpha value is -0.810. The number of aliphatic hydroxyl groups excluding tert-OH is 4. The van der Waals surface area contributed by atoms with Gasteiger partial charge in [0.2, 0.25) is 5.91 Å². The maximum absolute atomic E-state index is 13.0. The zero-order valence-corrected chi connectivity index (χ0v) is 38.6. The van der Waals surface area contributed by atoms with Crippen LogP contribution in [0.1, 0.15) is 251 Å². The number of ether oxygens (including phenoxy) is 3. The number of carbonyl (C=O) groups excluding carboxylic acids is 1. The summed E-state index contributed by atoms with van der Waals surface area (Å²) < 4.78 is 16.9. The molecule has 59 heavy (non-hydrogen) atoms. The second kappa shape index (κ2) is 37.7. The number of rotatable bonds is 43. The van der Waals surface area contributed by atoms with Crippen LogP contribution in [-0.4, -0.2) is 88.5 Å². The van der Waals surface area contributed by atoms with Gasteiger partial charge in [-0.3, -0.25) is 4.79 Å². The van der Waals surface area contributed by atoms with Crippen LogP contribution in [0.3, 0.4) is 0 Å². The molecule has 2 aliphatic heterocycles. The molecule has 0 unspecified atom stereocenters. The van der Waals surface area contributed by atoms with Crippen molar-refractivity contribution >= 4 is 5.91 Å². The molecular weight excluding hydrogens is 743 g/mol. The fraction of sp³-hybridized carbons (Fsp3) is 0.980. The molecule has 350 valence electrons. The van der Waals surface area contributed by atoms with Gasteiger partial charge in [-0.2, -0.15) is 0 Å². The molecule has 2 heterocycles. The summed E-state index contributed by atoms with van der Waals surface area (Å²) in [7, 11) is 0. The third-order valence-corrected chi connectivity index (χ3v) is 13.0. The molecule has 0 saturated carbocycles. The Morgan fingerprint density at radius 3 is 1.31 bits per heavy atom. The molecule has 9 heteroatoms. The summed E-state index contributed by atoms with van der Waals surface area (Å²) in [5.41, 5.74) is 0. The summed E-state index contributed by atoms with van der Waals surface area (Å²) in [5.74, 6) is -0.184. The van der Waals surface area contributed by atoms with Crippen LogP contribution in [0.15, 0.2) is 0 Å². The highest BCUT2D eigenvalue weighted by Crippen LogP contribution is 2.31. The second-order valence-corrected chi connectivity index (χ2v) is 18.6. The van der Waals surface area contributed by atoms with Crippen LogP contribution < -0.4 is 5.32 Å². The first kappa shape index (κ1) is 54.3. The van der Waals surface area contributed by atoms with Crippen LogP contribution in [0.5, 0.6) is 0 Å². The van der Waals surface area contributed by atoms with E-state index in [1.54, 1.807) is 0 Å². The monoisotopic (exact) mass is 840 g/mol. The molecule has 2 aliphatic rings. The predicted octanol–water partition coefficient (Wildman–Crippen LogP) is 11.5. The van der Waals surface area contributed by atoms with Gasteiger partial charge < -0.3 is 40.0 Å². The average molecular weight is 840 g/mol. The van der Waals surface area contributed by atoms with Crippen LogP contribution in [0.25, 0.3) is 0 Å². The van der Waals surface area contributed by atoms with Crippen molar-refractivity contribution in [1.82, 2.24) is 5.32 Å². The van der Waals surface area contributed by atoms with E-state index in [1.165, 1.54) is 186 Å². The average Bonchev–Trinajstić information content (AvgIpc) is 3.22. The number of hydrogen-bond donors (Lipinski definition) is 5. The highest BCUT2D eigenvalue weighted by Gasteiger charge is 2.51. The molecular formula is C50H97NO8. The zero-order chi connectivity index (χ0) is 42.6. The molecule has 2 fully saturated rings. The van der Waals surface area contributed by atoms with E-state index in [-0.39, 0.29) is 18.6 Å². The van der Waals surface area contributed by atoms with Gasteiger partial charge >= 0.3 is 0 Å². The topological polar surface area (TPSA) is 138 Å². The fourth-order valence-electron chi connectivity index (χ4n) is 8.87. The molecule has 0 bridgehead atoms. The molecule has 1 amide bonds. The third kappa shape index (κ3) is 27.1. The van der Waals surface area contributed by atoms with E-state index in [0.717, 1.165) is 38.5 Å². The standard InChI is InChI=1S/C50H97NO8/c1-3-5-7-9-11-13-15-17-18-19-20-21-22-23-24-25-26-27-29-31-33-35-37-39-45(53)51-42(40-58-50-48(56)47(55)49-44(59-50)41-57-49)46(54)43(52)38-36-34-32-30-28-16-14-12-10-8-6-4-2/h42-44,46-50,52,54-56H,3-41H2,1-2H3,(H,51,53)/t42-,43+,44+,46-,47+,48+,49-,50-/m0/s1. The minimum absolute atomic E-state index is 0.158. The molecule has 0 aliphatic carbocycles. The molecule has 0 aromatic heterocycles. The third-order valence-electron chi connectivity index (χ3n) is 13.0. The Bertz CT molecular complexity index is 941. The lowest BCUT2D eigenvalue weighted by Crippen LogP contribution is -2.66. The summed E-state index contributed by atoms with van der Waals surface area (Å²) in [6.07, 6.45) is 39.2. The molecule has 0 radical (unpaired) electrons. The first-order valence-corrected chi connectivity index (χ1v) is 25.8. The van der Waals surface area contributed by atoms with Crippen LogP contribution in [-0.2, 0) is 19.0 Å². The first-order chi connectivity index (χ1) is 28.9. The van der Waals surface area contributed by atoms with Gasteiger partial charge in [-0.05, 0) is 12.8 Å². The lowest BCUT2D eigenvalue weighted by molar-refractivity contribution is -0.351. The van der Waals surface area contributed by atoms with E-state index in [0.29, 0.717) is 19.4 Å². The number of fused-ring (bicyclic) bond motifs is 1. The summed E-state index contributed by atoms with van der Waals surface area (Å²) in [6.45, 7) is 4.69. The van der Waals surface area contributed by atoms with Crippen molar-refractivity contribution < 1.29 is 39.4 Å². The van der Waals surface area contributed by atoms with Gasteiger partial charge in [0.25, 0.3) is 0 Å². The van der Waals surface area contributed by atoms with Gasteiger partial charge in [-0.1, -0.05) is 232 Å². The van der Waals surface area contributed by atoms with E-state index in [4.69, 9.17) is 14.2 Å². The molecule has 0 spiro atoms. The van der Waals surface area contributed by atoms with Gasteiger partial charge in [0.1, 0.15) is 30.5 Å². The number of hydrogen-bond acceptors (Lipinski definition) is 8. The van der Waals surface area contributed by atoms with Gasteiger partial charge in [0.05, 0.1) is 25.4 Å². The second-order valence-electron chi connectivity index (χ2n) is 18.6. The maximum atomic E-state index is 13.0. The lowest BCUT2D eigenvalue weighted by Gasteiger charge is -2.48. The van der Waals surface area contributed by atoms with E-state index in [1.807, 2.05) is 0 Å². The number of aliphatic hydroxyl groups is 4. The van der Waals surface area contributed by atoms with Gasteiger partial charge in [0.15, 0.2) is 6.29 Å². The van der Waals surface area contributed by atoms with E-state index in [2.05, 4.69) is 19.2 Å². The predicted molar refractivity (Wildman–Crippen MR) is 242 cm³/mol. The summed E-state index contributed by atoms with van der Waals surface area (Å²) in [5, 5.41) is 46.0. The smallest absolute Gasteiger partial charge is 0.220 e. The van der Waals surface area contributed by atoms with Crippen molar-refractivity contribution in [1.29, 1.82) is 0 Å². The molecule has 2 rings (SSSR count). The van der Waals surface area contributed by atoms with Gasteiger partial charge in [0, 0.05) is 6.42 Å². The van der Waals surface area contributed by atoms with Crippen LogP contribution in [0.4, 0.5) is 0 Å². The molecule has 8 atom stereocenters. The zero-order valence-electron chi connectivity index (χ0n) is 38.6. The van der Waals surface area contributed by atoms with Crippen LogP contribution in [0, 0.1) is 0 Å². The highest BCUT2D eigenvalue weighted by molar-refractivity contribution is 5.76. The van der Waals surface area contributed by atoms with Crippen molar-refractivity contribution in [2.24, 2.45) is 0 Å². The minimum Gasteiger partial charge on any atom is -0.390 e. The summed E-state index contributed by atoms with van der Waals surface area (Å²) >= 11 is 0. The molecule has 0 aromatic carbocycles. The Morgan fingerprint density at radius 1 is 0.559 bits per heavy atom.